The van der Waals surface area contributed by atoms with E-state index >= 15 is 0 Å². The molecule has 13 heteroatoms. The number of rotatable bonds is 3. The molecule has 0 saturated carbocycles. The van der Waals surface area contributed by atoms with E-state index in [-0.39, 0.29) is 11.4 Å². The van der Waals surface area contributed by atoms with E-state index in [0.717, 1.165) is 0 Å². The van der Waals surface area contributed by atoms with Gasteiger partial charge in [0.15, 0.2) is 5.69 Å². The normalized spacial score (nSPS) is 12.1. The molecule has 26 heavy (non-hydrogen) atoms. The number of thioether (sulfide) groups is 1. The molecule has 0 amide bonds. The summed E-state index contributed by atoms with van der Waals surface area (Å²) in [5.41, 5.74) is -1.21. The van der Waals surface area contributed by atoms with Crippen LogP contribution in [0.25, 0.3) is 5.69 Å². The maximum atomic E-state index is 12.9. The third-order valence-corrected chi connectivity index (χ3v) is 4.20. The molecule has 0 bridgehead atoms. The van der Waals surface area contributed by atoms with Gasteiger partial charge in [-0.3, -0.25) is 0 Å². The second-order valence-electron chi connectivity index (χ2n) is 4.74. The number of nitrogens with zero attached hydrogens (tertiary/aromatic N) is 3. The lowest BCUT2D eigenvalue weighted by Gasteiger charge is -2.16. The average Bonchev–Trinajstić information content (AvgIpc) is 2.80. The zero-order valence-corrected chi connectivity index (χ0v) is 14.2. The van der Waals surface area contributed by atoms with Gasteiger partial charge in [-0.05, 0) is 23.9 Å². The number of nitrogen functional groups attached to an aromatic ring is 1. The topological polar surface area (TPSA) is 79.7 Å². The Morgan fingerprint density at radius 3 is 2.35 bits per heavy atom. The number of nitriles is 1. The molecule has 0 aliphatic rings. The SMILES string of the molecule is CNc1cc(C(F)(F)F)cc(Cl)c1-n1nc(C#N)c(SC(F)(F)F)c1N. The number of anilines is 2. The predicted octanol–water partition coefficient (Wildman–Crippen LogP) is 4.65. The summed E-state index contributed by atoms with van der Waals surface area (Å²) in [7, 11) is 1.28. The minimum absolute atomic E-state index is 0.188. The molecule has 3 N–H and O–H groups in total. The number of nitrogens with one attached hydrogen (secondary N) is 1. The van der Waals surface area contributed by atoms with Gasteiger partial charge in [0.1, 0.15) is 17.6 Å². The number of halogens is 7. The Bertz CT molecular complexity index is 883. The summed E-state index contributed by atoms with van der Waals surface area (Å²) in [6.07, 6.45) is -4.70. The molecule has 2 rings (SSSR count). The second-order valence-corrected chi connectivity index (χ2v) is 6.22. The van der Waals surface area contributed by atoms with Crippen LogP contribution < -0.4 is 11.1 Å². The lowest BCUT2D eigenvalue weighted by Crippen LogP contribution is -2.11. The third-order valence-electron chi connectivity index (χ3n) is 3.07. The average molecular weight is 416 g/mol. The van der Waals surface area contributed by atoms with Gasteiger partial charge >= 0.3 is 11.7 Å². The standard InChI is InChI=1S/C13H8ClF6N5S/c1-23-7-3-5(12(15,16)17)2-6(14)9(7)25-11(22)10(8(4-21)24-25)26-13(18,19)20/h2-3,23H,22H2,1H3. The smallest absolute Gasteiger partial charge is 0.386 e. The Kier molecular flexibility index (Phi) is 5.25. The van der Waals surface area contributed by atoms with E-state index in [1.54, 1.807) is 0 Å². The summed E-state index contributed by atoms with van der Waals surface area (Å²) in [5, 5.41) is 14.6. The van der Waals surface area contributed by atoms with Crippen LogP contribution in [-0.2, 0) is 6.18 Å². The first-order valence-electron chi connectivity index (χ1n) is 6.52. The van der Waals surface area contributed by atoms with E-state index in [1.807, 2.05) is 0 Å². The summed E-state index contributed by atoms with van der Waals surface area (Å²) >= 11 is 5.24. The Labute approximate surface area is 151 Å². The van der Waals surface area contributed by atoms with Gasteiger partial charge < -0.3 is 11.1 Å². The van der Waals surface area contributed by atoms with Gasteiger partial charge in [-0.15, -0.1) is 0 Å². The van der Waals surface area contributed by atoms with Crippen LogP contribution in [0.15, 0.2) is 17.0 Å². The molecule has 1 heterocycles. The van der Waals surface area contributed by atoms with Crippen LogP contribution in [0.5, 0.6) is 0 Å². The van der Waals surface area contributed by atoms with Crippen molar-refractivity contribution in [1.29, 1.82) is 5.26 Å². The molecule has 0 aliphatic carbocycles. The summed E-state index contributed by atoms with van der Waals surface area (Å²) in [4.78, 5) is -0.669. The molecule has 0 saturated heterocycles. The van der Waals surface area contributed by atoms with E-state index in [9.17, 15) is 26.3 Å². The molecular formula is C13H8ClF6N5S. The monoisotopic (exact) mass is 415 g/mol. The molecule has 1 aromatic heterocycles. The first-order valence-corrected chi connectivity index (χ1v) is 7.71. The summed E-state index contributed by atoms with van der Waals surface area (Å²) in [6, 6.07) is 2.75. The van der Waals surface area contributed by atoms with Crippen molar-refractivity contribution in [2.24, 2.45) is 0 Å². The van der Waals surface area contributed by atoms with Crippen LogP contribution in [0.4, 0.5) is 37.8 Å². The minimum Gasteiger partial charge on any atom is -0.386 e. The predicted molar refractivity (Wildman–Crippen MR) is 84.2 cm³/mol. The van der Waals surface area contributed by atoms with E-state index < -0.39 is 50.4 Å². The second kappa shape index (κ2) is 6.81. The van der Waals surface area contributed by atoms with E-state index in [1.165, 1.54) is 13.1 Å². The molecule has 5 nitrogen and oxygen atoms in total. The number of hydrogen-bond donors (Lipinski definition) is 2. The fourth-order valence-corrected chi connectivity index (χ4v) is 2.95. The molecule has 0 aliphatic heterocycles. The quantitative estimate of drug-likeness (QED) is 0.563. The van der Waals surface area contributed by atoms with Crippen molar-refractivity contribution in [1.82, 2.24) is 9.78 Å². The first-order chi connectivity index (χ1) is 11.9. The molecule has 140 valence electrons. The zero-order chi connectivity index (χ0) is 19.9. The van der Waals surface area contributed by atoms with Gasteiger partial charge in [-0.2, -0.15) is 36.7 Å². The number of hydrogen-bond acceptors (Lipinski definition) is 5. The van der Waals surface area contributed by atoms with Crippen molar-refractivity contribution >= 4 is 34.9 Å². The highest BCUT2D eigenvalue weighted by molar-refractivity contribution is 8.00. The third kappa shape index (κ3) is 3.94. The zero-order valence-electron chi connectivity index (χ0n) is 12.6. The molecule has 2 aromatic rings. The molecule has 0 fully saturated rings. The summed E-state index contributed by atoms with van der Waals surface area (Å²) in [6.45, 7) is 0. The number of benzene rings is 1. The van der Waals surface area contributed by atoms with Crippen LogP contribution in [0.2, 0.25) is 5.02 Å². The minimum atomic E-state index is -4.75. The lowest BCUT2D eigenvalue weighted by atomic mass is 10.1. The van der Waals surface area contributed by atoms with Crippen LogP contribution in [0.1, 0.15) is 11.3 Å². The van der Waals surface area contributed by atoms with E-state index in [4.69, 9.17) is 22.6 Å². The van der Waals surface area contributed by atoms with Crippen molar-refractivity contribution in [2.75, 3.05) is 18.1 Å². The number of alkyl halides is 6. The molecule has 1 aromatic carbocycles. The Hall–Kier alpha value is -2.26. The van der Waals surface area contributed by atoms with Crippen molar-refractivity contribution in [3.8, 4) is 11.8 Å². The summed E-state index contributed by atoms with van der Waals surface area (Å²) < 4.78 is 77.4. The highest BCUT2D eigenvalue weighted by Gasteiger charge is 2.36. The summed E-state index contributed by atoms with van der Waals surface area (Å²) in [5.74, 6) is -0.581. The first kappa shape index (κ1) is 20.1. The van der Waals surface area contributed by atoms with Gasteiger partial charge in [0.05, 0.1) is 21.2 Å². The molecule has 0 radical (unpaired) electrons. The van der Waals surface area contributed by atoms with Gasteiger partial charge in [-0.1, -0.05) is 11.6 Å². The van der Waals surface area contributed by atoms with Crippen LogP contribution >= 0.6 is 23.4 Å². The van der Waals surface area contributed by atoms with Gasteiger partial charge in [-0.25, -0.2) is 4.68 Å². The van der Waals surface area contributed by atoms with Crippen LogP contribution in [-0.4, -0.2) is 22.3 Å². The highest BCUT2D eigenvalue weighted by atomic mass is 35.5. The maximum absolute atomic E-state index is 12.9. The maximum Gasteiger partial charge on any atom is 0.446 e. The van der Waals surface area contributed by atoms with Crippen LogP contribution in [0, 0.1) is 11.3 Å². The number of aromatic nitrogens is 2. The van der Waals surface area contributed by atoms with Gasteiger partial charge in [0, 0.05) is 7.05 Å². The fraction of sp³-hybridized carbons (Fsp3) is 0.231. The lowest BCUT2D eigenvalue weighted by molar-refractivity contribution is -0.137. The molecule has 0 spiro atoms. The van der Waals surface area contributed by atoms with Crippen molar-refractivity contribution < 1.29 is 26.3 Å². The Balaban J connectivity index is 2.72. The van der Waals surface area contributed by atoms with Crippen molar-refractivity contribution in [2.45, 2.75) is 16.6 Å². The van der Waals surface area contributed by atoms with Crippen molar-refractivity contribution in [3.63, 3.8) is 0 Å². The number of nitrogens with two attached hydrogens (primary N) is 1. The Morgan fingerprint density at radius 1 is 1.27 bits per heavy atom. The van der Waals surface area contributed by atoms with E-state index in [2.05, 4.69) is 10.4 Å². The van der Waals surface area contributed by atoms with Crippen molar-refractivity contribution in [3.05, 3.63) is 28.4 Å². The molecular weight excluding hydrogens is 408 g/mol. The van der Waals surface area contributed by atoms with Crippen LogP contribution in [0.3, 0.4) is 0 Å². The highest BCUT2D eigenvalue weighted by Crippen LogP contribution is 2.44. The molecule has 0 atom stereocenters. The fourth-order valence-electron chi connectivity index (χ4n) is 2.05. The Morgan fingerprint density at radius 2 is 1.88 bits per heavy atom. The van der Waals surface area contributed by atoms with Gasteiger partial charge in [0.25, 0.3) is 0 Å². The van der Waals surface area contributed by atoms with Gasteiger partial charge in [0.2, 0.25) is 0 Å². The van der Waals surface area contributed by atoms with E-state index in [0.29, 0.717) is 16.8 Å². The molecule has 0 unspecified atom stereocenters. The largest absolute Gasteiger partial charge is 0.446 e.